The Kier molecular flexibility index (Phi) is 3.74. The van der Waals surface area contributed by atoms with Gasteiger partial charge >= 0.3 is 0 Å². The second kappa shape index (κ2) is 4.66. The van der Waals surface area contributed by atoms with Crippen LogP contribution in [0.3, 0.4) is 0 Å². The molecular formula is C10H16ClN3O. The summed E-state index contributed by atoms with van der Waals surface area (Å²) < 4.78 is 1.65. The van der Waals surface area contributed by atoms with Crippen molar-refractivity contribution in [1.82, 2.24) is 9.55 Å². The molecule has 0 aromatic carbocycles. The van der Waals surface area contributed by atoms with Gasteiger partial charge in [-0.25, -0.2) is 4.98 Å². The van der Waals surface area contributed by atoms with Crippen LogP contribution in [0.1, 0.15) is 20.8 Å². The molecule has 0 aliphatic heterocycles. The van der Waals surface area contributed by atoms with Crippen LogP contribution in [-0.2, 0) is 5.54 Å². The fraction of sp³-hybridized carbons (Fsp3) is 0.600. The highest BCUT2D eigenvalue weighted by atomic mass is 35.5. The molecule has 1 aromatic heterocycles. The molecule has 0 saturated carbocycles. The maximum Gasteiger partial charge on any atom is 0.293 e. The van der Waals surface area contributed by atoms with Crippen molar-refractivity contribution in [3.05, 3.63) is 22.7 Å². The summed E-state index contributed by atoms with van der Waals surface area (Å²) in [5.74, 6) is 0.805. The van der Waals surface area contributed by atoms with E-state index in [9.17, 15) is 4.79 Å². The third-order valence-corrected chi connectivity index (χ3v) is 2.14. The zero-order chi connectivity index (χ0) is 11.5. The largest absolute Gasteiger partial charge is 0.364 e. The van der Waals surface area contributed by atoms with Crippen molar-refractivity contribution in [3.8, 4) is 0 Å². The van der Waals surface area contributed by atoms with Crippen LogP contribution in [0.4, 0.5) is 5.82 Å². The topological polar surface area (TPSA) is 46.9 Å². The fourth-order valence-electron chi connectivity index (χ4n) is 1.23. The number of rotatable bonds is 3. The van der Waals surface area contributed by atoms with Gasteiger partial charge in [-0.3, -0.25) is 4.79 Å². The van der Waals surface area contributed by atoms with Crippen molar-refractivity contribution in [2.75, 3.05) is 17.7 Å². The van der Waals surface area contributed by atoms with Gasteiger partial charge in [0.1, 0.15) is 0 Å². The Morgan fingerprint density at radius 3 is 2.73 bits per heavy atom. The van der Waals surface area contributed by atoms with Gasteiger partial charge in [0.15, 0.2) is 5.82 Å². The van der Waals surface area contributed by atoms with Crippen LogP contribution in [0.2, 0.25) is 0 Å². The molecule has 1 heterocycles. The first kappa shape index (κ1) is 12.0. The average molecular weight is 230 g/mol. The Bertz CT molecular complexity index is 381. The highest BCUT2D eigenvalue weighted by Gasteiger charge is 2.16. The first-order valence-corrected chi connectivity index (χ1v) is 5.38. The van der Waals surface area contributed by atoms with Gasteiger partial charge in [-0.1, -0.05) is 0 Å². The van der Waals surface area contributed by atoms with Crippen molar-refractivity contribution in [1.29, 1.82) is 0 Å². The normalized spacial score (nSPS) is 11.5. The van der Waals surface area contributed by atoms with Crippen molar-refractivity contribution in [2.24, 2.45) is 0 Å². The summed E-state index contributed by atoms with van der Waals surface area (Å²) in [6.45, 7) is 6.46. The number of nitrogens with one attached hydrogen (secondary N) is 1. The summed E-state index contributed by atoms with van der Waals surface area (Å²) in [7, 11) is 0. The Labute approximate surface area is 94.3 Å². The SMILES string of the molecule is CC(C)(C)n1ccnc(NCCCl)c1=O. The molecule has 0 aliphatic carbocycles. The maximum atomic E-state index is 11.9. The monoisotopic (exact) mass is 229 g/mol. The molecule has 15 heavy (non-hydrogen) atoms. The Balaban J connectivity index is 3.07. The molecular weight excluding hydrogens is 214 g/mol. The molecule has 0 atom stereocenters. The van der Waals surface area contributed by atoms with Crippen LogP contribution in [0, 0.1) is 0 Å². The lowest BCUT2D eigenvalue weighted by molar-refractivity contribution is 0.383. The summed E-state index contributed by atoms with van der Waals surface area (Å²) in [5.41, 5.74) is -0.354. The van der Waals surface area contributed by atoms with E-state index < -0.39 is 0 Å². The lowest BCUT2D eigenvalue weighted by Gasteiger charge is -2.22. The second-order valence-electron chi connectivity index (χ2n) is 4.24. The Morgan fingerprint density at radius 1 is 1.53 bits per heavy atom. The maximum absolute atomic E-state index is 11.9. The standard InChI is InChI=1S/C10H16ClN3O/c1-10(2,3)14-7-6-13-8(9(14)15)12-5-4-11/h6-7H,4-5H2,1-3H3,(H,12,13). The molecule has 0 bridgehead atoms. The van der Waals surface area contributed by atoms with Crippen LogP contribution in [0.15, 0.2) is 17.2 Å². The third kappa shape index (κ3) is 2.96. The molecule has 0 radical (unpaired) electrons. The predicted octanol–water partition coefficient (Wildman–Crippen LogP) is 1.65. The Morgan fingerprint density at radius 2 is 2.20 bits per heavy atom. The quantitative estimate of drug-likeness (QED) is 0.802. The summed E-state index contributed by atoms with van der Waals surface area (Å²) in [6, 6.07) is 0. The molecule has 84 valence electrons. The lowest BCUT2D eigenvalue weighted by Crippen LogP contribution is -2.35. The summed E-state index contributed by atoms with van der Waals surface area (Å²) in [4.78, 5) is 15.9. The van der Waals surface area contributed by atoms with E-state index in [-0.39, 0.29) is 11.1 Å². The zero-order valence-electron chi connectivity index (χ0n) is 9.25. The molecule has 1 N–H and O–H groups in total. The number of halogens is 1. The van der Waals surface area contributed by atoms with Gasteiger partial charge < -0.3 is 9.88 Å². The van der Waals surface area contributed by atoms with Crippen molar-refractivity contribution >= 4 is 17.4 Å². The fourth-order valence-corrected chi connectivity index (χ4v) is 1.32. The molecule has 1 rings (SSSR count). The van der Waals surface area contributed by atoms with Gasteiger partial charge in [0.05, 0.1) is 0 Å². The number of hydrogen-bond acceptors (Lipinski definition) is 3. The van der Waals surface area contributed by atoms with Crippen LogP contribution in [-0.4, -0.2) is 22.0 Å². The van der Waals surface area contributed by atoms with Crippen LogP contribution >= 0.6 is 11.6 Å². The average Bonchev–Trinajstić information content (AvgIpc) is 2.14. The summed E-state index contributed by atoms with van der Waals surface area (Å²) >= 11 is 5.53. The molecule has 0 spiro atoms. The van der Waals surface area contributed by atoms with Gasteiger partial charge in [0, 0.05) is 30.4 Å². The van der Waals surface area contributed by atoms with E-state index in [1.165, 1.54) is 0 Å². The number of nitrogens with zero attached hydrogens (tertiary/aromatic N) is 2. The number of alkyl halides is 1. The zero-order valence-corrected chi connectivity index (χ0v) is 10.0. The molecule has 0 saturated heterocycles. The van der Waals surface area contributed by atoms with E-state index in [4.69, 9.17) is 11.6 Å². The van der Waals surface area contributed by atoms with Crippen LogP contribution in [0.5, 0.6) is 0 Å². The van der Waals surface area contributed by atoms with Gasteiger partial charge in [-0.05, 0) is 20.8 Å². The van der Waals surface area contributed by atoms with Gasteiger partial charge in [0.2, 0.25) is 0 Å². The molecule has 1 aromatic rings. The first-order chi connectivity index (χ1) is 6.96. The summed E-state index contributed by atoms with van der Waals surface area (Å²) in [5, 5.41) is 2.90. The number of hydrogen-bond donors (Lipinski definition) is 1. The molecule has 0 amide bonds. The van der Waals surface area contributed by atoms with Crippen molar-refractivity contribution in [2.45, 2.75) is 26.3 Å². The van der Waals surface area contributed by atoms with Crippen LogP contribution in [0.25, 0.3) is 0 Å². The predicted molar refractivity (Wildman–Crippen MR) is 62.7 cm³/mol. The van der Waals surface area contributed by atoms with Crippen molar-refractivity contribution in [3.63, 3.8) is 0 Å². The molecule has 0 aliphatic rings. The van der Waals surface area contributed by atoms with E-state index in [2.05, 4.69) is 10.3 Å². The minimum absolute atomic E-state index is 0.116. The van der Waals surface area contributed by atoms with Gasteiger partial charge in [0.25, 0.3) is 5.56 Å². The molecule has 0 unspecified atom stereocenters. The highest BCUT2D eigenvalue weighted by molar-refractivity contribution is 6.18. The Hall–Kier alpha value is -1.03. The second-order valence-corrected chi connectivity index (χ2v) is 4.62. The van der Waals surface area contributed by atoms with E-state index in [0.29, 0.717) is 18.2 Å². The van der Waals surface area contributed by atoms with E-state index in [0.717, 1.165) is 0 Å². The number of anilines is 1. The van der Waals surface area contributed by atoms with E-state index in [1.807, 2.05) is 20.8 Å². The highest BCUT2D eigenvalue weighted by Crippen LogP contribution is 2.10. The first-order valence-electron chi connectivity index (χ1n) is 4.85. The smallest absolute Gasteiger partial charge is 0.293 e. The van der Waals surface area contributed by atoms with Gasteiger partial charge in [-0.2, -0.15) is 0 Å². The minimum atomic E-state index is -0.239. The van der Waals surface area contributed by atoms with E-state index >= 15 is 0 Å². The third-order valence-electron chi connectivity index (χ3n) is 1.95. The molecule has 5 heteroatoms. The van der Waals surface area contributed by atoms with E-state index in [1.54, 1.807) is 17.0 Å². The minimum Gasteiger partial charge on any atom is -0.364 e. The van der Waals surface area contributed by atoms with Crippen molar-refractivity contribution < 1.29 is 0 Å². The summed E-state index contributed by atoms with van der Waals surface area (Å²) in [6.07, 6.45) is 3.30. The lowest BCUT2D eigenvalue weighted by atomic mass is 10.1. The number of aromatic nitrogens is 2. The molecule has 0 fully saturated rings. The van der Waals surface area contributed by atoms with Gasteiger partial charge in [-0.15, -0.1) is 11.6 Å². The van der Waals surface area contributed by atoms with Crippen LogP contribution < -0.4 is 10.9 Å². The molecule has 4 nitrogen and oxygen atoms in total.